The predicted octanol–water partition coefficient (Wildman–Crippen LogP) is 4.81. The summed E-state index contributed by atoms with van der Waals surface area (Å²) in [6, 6.07) is 17.8. The summed E-state index contributed by atoms with van der Waals surface area (Å²) >= 11 is 0. The van der Waals surface area contributed by atoms with Gasteiger partial charge < -0.3 is 15.0 Å². The van der Waals surface area contributed by atoms with Crippen molar-refractivity contribution in [3.63, 3.8) is 0 Å². The van der Waals surface area contributed by atoms with E-state index < -0.39 is 0 Å². The third-order valence-corrected chi connectivity index (χ3v) is 5.57. The minimum absolute atomic E-state index is 0.0283. The average Bonchev–Trinajstić information content (AvgIpc) is 3.26. The van der Waals surface area contributed by atoms with Crippen molar-refractivity contribution in [3.8, 4) is 17.0 Å². The first kappa shape index (κ1) is 19.1. The van der Waals surface area contributed by atoms with Crippen molar-refractivity contribution in [2.45, 2.75) is 25.7 Å². The number of carbonyl (C=O) groups excluding carboxylic acids is 1. The van der Waals surface area contributed by atoms with Crippen molar-refractivity contribution >= 4 is 11.7 Å². The number of H-pyrrole nitrogens is 1. The van der Waals surface area contributed by atoms with Crippen molar-refractivity contribution in [2.24, 2.45) is 0 Å². The number of hydrogen-bond acceptors (Lipinski definition) is 3. The van der Waals surface area contributed by atoms with Crippen molar-refractivity contribution in [3.05, 3.63) is 65.9 Å². The number of nitrogens with zero attached hydrogens (tertiary/aromatic N) is 2. The van der Waals surface area contributed by atoms with Gasteiger partial charge in [0.1, 0.15) is 5.75 Å². The number of ether oxygens (including phenoxy) is 1. The van der Waals surface area contributed by atoms with Crippen LogP contribution < -0.4 is 10.1 Å². The van der Waals surface area contributed by atoms with E-state index in [0.717, 1.165) is 59.9 Å². The number of nitrogens with one attached hydrogen (secondary N) is 2. The Balaban J connectivity index is 1.37. The van der Waals surface area contributed by atoms with Crippen LogP contribution in [0.5, 0.6) is 5.75 Å². The number of piperidine rings is 1. The Hall–Kier alpha value is -3.28. The Morgan fingerprint density at radius 2 is 1.93 bits per heavy atom. The van der Waals surface area contributed by atoms with Gasteiger partial charge >= 0.3 is 6.03 Å². The average molecular weight is 390 g/mol. The molecule has 0 aliphatic carbocycles. The predicted molar refractivity (Wildman–Crippen MR) is 114 cm³/mol. The van der Waals surface area contributed by atoms with Crippen molar-refractivity contribution in [1.82, 2.24) is 15.1 Å². The van der Waals surface area contributed by atoms with Crippen molar-refractivity contribution in [1.29, 1.82) is 0 Å². The normalized spacial score (nSPS) is 14.6. The molecule has 1 fully saturated rings. The fourth-order valence-electron chi connectivity index (χ4n) is 3.78. The van der Waals surface area contributed by atoms with Crippen molar-refractivity contribution in [2.75, 3.05) is 25.5 Å². The molecule has 0 radical (unpaired) electrons. The molecule has 0 spiro atoms. The first-order valence-corrected chi connectivity index (χ1v) is 9.95. The van der Waals surface area contributed by atoms with Gasteiger partial charge in [-0.05, 0) is 49.6 Å². The number of carbonyl (C=O) groups is 1. The van der Waals surface area contributed by atoms with E-state index in [2.05, 4.69) is 21.6 Å². The van der Waals surface area contributed by atoms with Crippen LogP contribution in [0.2, 0.25) is 0 Å². The Kier molecular flexibility index (Phi) is 5.51. The number of methoxy groups -OCH3 is 1. The lowest BCUT2D eigenvalue weighted by atomic mass is 9.93. The van der Waals surface area contributed by atoms with Crippen LogP contribution >= 0.6 is 0 Å². The third-order valence-electron chi connectivity index (χ3n) is 5.57. The molecule has 2 amide bonds. The fraction of sp³-hybridized carbons (Fsp3) is 0.304. The number of hydrogen-bond donors (Lipinski definition) is 2. The molecule has 1 aliphatic heterocycles. The second kappa shape index (κ2) is 8.39. The molecule has 2 N–H and O–H groups in total. The highest BCUT2D eigenvalue weighted by Crippen LogP contribution is 2.30. The zero-order valence-electron chi connectivity index (χ0n) is 16.8. The number of para-hydroxylation sites is 1. The summed E-state index contributed by atoms with van der Waals surface area (Å²) < 4.78 is 5.30. The Morgan fingerprint density at radius 3 is 2.69 bits per heavy atom. The maximum atomic E-state index is 12.6. The quantitative estimate of drug-likeness (QED) is 0.672. The molecular weight excluding hydrogens is 364 g/mol. The van der Waals surface area contributed by atoms with Gasteiger partial charge in [-0.3, -0.25) is 5.10 Å². The molecule has 1 saturated heterocycles. The number of anilines is 1. The van der Waals surface area contributed by atoms with Gasteiger partial charge in [0.25, 0.3) is 0 Å². The van der Waals surface area contributed by atoms with Gasteiger partial charge in [-0.2, -0.15) is 5.10 Å². The minimum Gasteiger partial charge on any atom is -0.497 e. The molecule has 2 aromatic carbocycles. The molecule has 3 aromatic rings. The Labute approximate surface area is 170 Å². The molecule has 150 valence electrons. The maximum Gasteiger partial charge on any atom is 0.321 e. The van der Waals surface area contributed by atoms with Gasteiger partial charge in [-0.1, -0.05) is 30.3 Å². The molecule has 6 nitrogen and oxygen atoms in total. The molecule has 0 bridgehead atoms. The third kappa shape index (κ3) is 4.26. The van der Waals surface area contributed by atoms with E-state index in [4.69, 9.17) is 4.74 Å². The van der Waals surface area contributed by atoms with Crippen LogP contribution in [0.3, 0.4) is 0 Å². The molecule has 0 atom stereocenters. The largest absolute Gasteiger partial charge is 0.497 e. The van der Waals surface area contributed by atoms with Gasteiger partial charge in [0.2, 0.25) is 0 Å². The smallest absolute Gasteiger partial charge is 0.321 e. The molecule has 6 heteroatoms. The van der Waals surface area contributed by atoms with Gasteiger partial charge in [-0.15, -0.1) is 0 Å². The summed E-state index contributed by atoms with van der Waals surface area (Å²) in [5.74, 6) is 1.20. The number of amides is 2. The standard InChI is InChI=1S/C23H26N4O2/c1-16-6-3-4-9-20(16)24-23(28)27-12-10-17(11-13-27)21-15-22(26-25-21)18-7-5-8-19(14-18)29-2/h3-9,14-15,17H,10-13H2,1-2H3,(H,24,28)(H,25,26). The molecule has 29 heavy (non-hydrogen) atoms. The number of likely N-dealkylation sites (tertiary alicyclic amines) is 1. The van der Waals surface area contributed by atoms with Crippen LogP contribution in [0.4, 0.5) is 10.5 Å². The lowest BCUT2D eigenvalue weighted by Crippen LogP contribution is -2.40. The van der Waals surface area contributed by atoms with E-state index in [1.807, 2.05) is 60.4 Å². The number of urea groups is 1. The number of aromatic amines is 1. The molecule has 0 unspecified atom stereocenters. The lowest BCUT2D eigenvalue weighted by Gasteiger charge is -2.31. The van der Waals surface area contributed by atoms with Crippen LogP contribution in [0.25, 0.3) is 11.3 Å². The lowest BCUT2D eigenvalue weighted by molar-refractivity contribution is 0.194. The highest BCUT2D eigenvalue weighted by molar-refractivity contribution is 5.90. The van der Waals surface area contributed by atoms with E-state index in [1.165, 1.54) is 0 Å². The summed E-state index contributed by atoms with van der Waals surface area (Å²) in [6.07, 6.45) is 1.84. The summed E-state index contributed by atoms with van der Waals surface area (Å²) in [5, 5.41) is 10.7. The van der Waals surface area contributed by atoms with Crippen LogP contribution in [-0.4, -0.2) is 41.3 Å². The Bertz CT molecular complexity index is 990. The minimum atomic E-state index is -0.0283. The summed E-state index contributed by atoms with van der Waals surface area (Å²) in [5.41, 5.74) is 5.01. The van der Waals surface area contributed by atoms with Crippen LogP contribution in [-0.2, 0) is 0 Å². The molecule has 0 saturated carbocycles. The van der Waals surface area contributed by atoms with Crippen LogP contribution in [0.1, 0.15) is 30.0 Å². The second-order valence-corrected chi connectivity index (χ2v) is 7.45. The summed E-state index contributed by atoms with van der Waals surface area (Å²) in [6.45, 7) is 3.46. The van der Waals surface area contributed by atoms with Gasteiger partial charge in [0, 0.05) is 36.0 Å². The highest BCUT2D eigenvalue weighted by Gasteiger charge is 2.25. The van der Waals surface area contributed by atoms with E-state index in [0.29, 0.717) is 5.92 Å². The highest BCUT2D eigenvalue weighted by atomic mass is 16.5. The molecule has 1 aliphatic rings. The van der Waals surface area contributed by atoms with Gasteiger partial charge in [0.05, 0.1) is 12.8 Å². The molecular formula is C23H26N4O2. The van der Waals surface area contributed by atoms with Crippen LogP contribution in [0, 0.1) is 6.92 Å². The maximum absolute atomic E-state index is 12.6. The summed E-state index contributed by atoms with van der Waals surface area (Å²) in [4.78, 5) is 14.5. The molecule has 1 aromatic heterocycles. The second-order valence-electron chi connectivity index (χ2n) is 7.45. The number of aromatic nitrogens is 2. The van der Waals surface area contributed by atoms with E-state index in [9.17, 15) is 4.79 Å². The monoisotopic (exact) mass is 390 g/mol. The van der Waals surface area contributed by atoms with E-state index in [-0.39, 0.29) is 6.03 Å². The fourth-order valence-corrected chi connectivity index (χ4v) is 3.78. The van der Waals surface area contributed by atoms with Gasteiger partial charge in [0.15, 0.2) is 0 Å². The first-order chi connectivity index (χ1) is 14.1. The van der Waals surface area contributed by atoms with Crippen LogP contribution in [0.15, 0.2) is 54.6 Å². The van der Waals surface area contributed by atoms with E-state index >= 15 is 0 Å². The topological polar surface area (TPSA) is 70.2 Å². The zero-order chi connectivity index (χ0) is 20.2. The van der Waals surface area contributed by atoms with Crippen molar-refractivity contribution < 1.29 is 9.53 Å². The van der Waals surface area contributed by atoms with E-state index in [1.54, 1.807) is 7.11 Å². The van der Waals surface area contributed by atoms with Gasteiger partial charge in [-0.25, -0.2) is 4.79 Å². The Morgan fingerprint density at radius 1 is 1.14 bits per heavy atom. The molecule has 2 heterocycles. The first-order valence-electron chi connectivity index (χ1n) is 9.95. The zero-order valence-corrected chi connectivity index (χ0v) is 16.8. The number of benzene rings is 2. The SMILES string of the molecule is COc1cccc(-c2cc(C3CCN(C(=O)Nc4ccccc4C)CC3)[nH]n2)c1. The molecule has 4 rings (SSSR count). The number of aryl methyl sites for hydroxylation is 1. The number of rotatable bonds is 4. The summed E-state index contributed by atoms with van der Waals surface area (Å²) in [7, 11) is 1.66.